The van der Waals surface area contributed by atoms with E-state index in [2.05, 4.69) is 9.97 Å². The highest BCUT2D eigenvalue weighted by Crippen LogP contribution is 2.28. The summed E-state index contributed by atoms with van der Waals surface area (Å²) < 4.78 is 0. The Kier molecular flexibility index (Phi) is 4.52. The van der Waals surface area contributed by atoms with Crippen LogP contribution in [0, 0.1) is 10.8 Å². The molecule has 0 fully saturated rings. The van der Waals surface area contributed by atoms with Crippen molar-refractivity contribution in [3.8, 4) is 22.8 Å². The highest BCUT2D eigenvalue weighted by Gasteiger charge is 2.12. The fourth-order valence-corrected chi connectivity index (χ4v) is 4.59. The van der Waals surface area contributed by atoms with Gasteiger partial charge in [0, 0.05) is 22.3 Å². The molecule has 0 saturated heterocycles. The van der Waals surface area contributed by atoms with Gasteiger partial charge in [0.15, 0.2) is 0 Å². The number of hydrogen-bond acceptors (Lipinski definition) is 6. The van der Waals surface area contributed by atoms with Gasteiger partial charge in [0.1, 0.15) is 23.3 Å². The lowest BCUT2D eigenvalue weighted by atomic mass is 10.1. The summed E-state index contributed by atoms with van der Waals surface area (Å²) in [5.41, 5.74) is 20.5. The number of amidine groups is 2. The Bertz CT molecular complexity index is 1950. The van der Waals surface area contributed by atoms with E-state index in [-0.39, 0.29) is 11.7 Å². The van der Waals surface area contributed by atoms with Gasteiger partial charge in [-0.1, -0.05) is 0 Å². The summed E-state index contributed by atoms with van der Waals surface area (Å²) in [4.78, 5) is 25.7. The predicted octanol–water partition coefficient (Wildman–Crippen LogP) is 4.44. The molecule has 182 valence electrons. The molecule has 3 heterocycles. The van der Waals surface area contributed by atoms with Crippen molar-refractivity contribution in [3.63, 3.8) is 0 Å². The zero-order valence-corrected chi connectivity index (χ0v) is 19.9. The molecule has 0 radical (unpaired) electrons. The number of rotatable bonds is 4. The average molecular weight is 497 g/mol. The van der Waals surface area contributed by atoms with Crippen LogP contribution in [0.15, 0.2) is 72.8 Å². The summed E-state index contributed by atoms with van der Waals surface area (Å²) in [5, 5.41) is 15.3. The normalized spacial score (nSPS) is 11.6. The van der Waals surface area contributed by atoms with Crippen LogP contribution in [0.4, 0.5) is 0 Å². The molecule has 3 aromatic heterocycles. The van der Waals surface area contributed by atoms with Gasteiger partial charge < -0.3 is 21.4 Å². The van der Waals surface area contributed by atoms with Gasteiger partial charge in [-0.25, -0.2) is 19.9 Å². The predicted molar refractivity (Wildman–Crippen MR) is 149 cm³/mol. The summed E-state index contributed by atoms with van der Waals surface area (Å²) in [7, 11) is 0. The molecule has 7 rings (SSSR count). The molecule has 4 aromatic carbocycles. The molecule has 0 unspecified atom stereocenters. The third kappa shape index (κ3) is 3.51. The molecule has 0 aliphatic carbocycles. The molecule has 8 N–H and O–H groups in total. The van der Waals surface area contributed by atoms with Gasteiger partial charge in [-0.05, 0) is 72.8 Å². The Morgan fingerprint density at radius 3 is 1.39 bits per heavy atom. The van der Waals surface area contributed by atoms with Crippen LogP contribution in [0.2, 0.25) is 0 Å². The van der Waals surface area contributed by atoms with E-state index in [0.717, 1.165) is 55.3 Å². The maximum absolute atomic E-state index is 7.67. The number of aromatic amines is 2. The van der Waals surface area contributed by atoms with E-state index in [9.17, 15) is 0 Å². The third-order valence-corrected chi connectivity index (χ3v) is 6.57. The van der Waals surface area contributed by atoms with Gasteiger partial charge in [0.05, 0.1) is 44.1 Å². The van der Waals surface area contributed by atoms with Crippen molar-refractivity contribution in [2.45, 2.75) is 0 Å². The van der Waals surface area contributed by atoms with E-state index in [1.54, 1.807) is 24.3 Å². The standard InChI is InChI=1S/C28H20N10/c29-25(30)13-1-5-19-23(9-13)37-27(35-19)15-3-7-17-21(11-15)34-22-12-16(4-8-18(22)33-17)28-36-20-6-2-14(26(31)32)10-24(20)38-28/h1-12H,(H3,29,30)(H3,31,32)(H,35,37)(H,36,38). The van der Waals surface area contributed by atoms with Gasteiger partial charge in [-0.15, -0.1) is 0 Å². The van der Waals surface area contributed by atoms with Gasteiger partial charge in [0.25, 0.3) is 0 Å². The minimum atomic E-state index is 0.00661. The quantitative estimate of drug-likeness (QED) is 0.119. The summed E-state index contributed by atoms with van der Waals surface area (Å²) in [5.74, 6) is 1.41. The first-order chi connectivity index (χ1) is 18.4. The molecule has 0 spiro atoms. The SMILES string of the molecule is N=C(N)c1ccc2[nH]c(-c3ccc4nc5ccc(-c6nc7cc(C(=N)N)ccc7[nH]6)cc5nc4c3)nc2c1. The smallest absolute Gasteiger partial charge is 0.138 e. The summed E-state index contributed by atoms with van der Waals surface area (Å²) in [6.07, 6.45) is 0. The van der Waals surface area contributed by atoms with E-state index in [1.807, 2.05) is 48.5 Å². The Labute approximate surface area is 214 Å². The van der Waals surface area contributed by atoms with Crippen LogP contribution in [0.3, 0.4) is 0 Å². The van der Waals surface area contributed by atoms with Gasteiger partial charge in [-0.2, -0.15) is 0 Å². The van der Waals surface area contributed by atoms with Crippen LogP contribution in [0.25, 0.3) is 66.9 Å². The van der Waals surface area contributed by atoms with E-state index in [1.165, 1.54) is 0 Å². The van der Waals surface area contributed by atoms with Crippen molar-refractivity contribution in [3.05, 3.63) is 83.9 Å². The fraction of sp³-hybridized carbons (Fsp3) is 0. The largest absolute Gasteiger partial charge is 0.384 e. The Morgan fingerprint density at radius 1 is 0.500 bits per heavy atom. The molecule has 0 bridgehead atoms. The molecule has 10 nitrogen and oxygen atoms in total. The minimum Gasteiger partial charge on any atom is -0.384 e. The average Bonchev–Trinajstić information content (AvgIpc) is 3.54. The summed E-state index contributed by atoms with van der Waals surface area (Å²) >= 11 is 0. The Hall–Kier alpha value is -5.64. The van der Waals surface area contributed by atoms with Crippen molar-refractivity contribution in [2.24, 2.45) is 11.5 Å². The number of nitrogen functional groups attached to an aromatic ring is 2. The lowest BCUT2D eigenvalue weighted by molar-refractivity contribution is 1.32. The Morgan fingerprint density at radius 2 is 0.947 bits per heavy atom. The zero-order chi connectivity index (χ0) is 26.0. The van der Waals surface area contributed by atoms with Crippen molar-refractivity contribution in [2.75, 3.05) is 0 Å². The number of aromatic nitrogens is 6. The number of imidazole rings is 2. The number of nitrogens with two attached hydrogens (primary N) is 2. The van der Waals surface area contributed by atoms with Crippen LogP contribution in [0.1, 0.15) is 11.1 Å². The van der Waals surface area contributed by atoms with Crippen LogP contribution < -0.4 is 11.5 Å². The first-order valence-corrected chi connectivity index (χ1v) is 11.8. The second-order valence-electron chi connectivity index (χ2n) is 9.09. The highest BCUT2D eigenvalue weighted by molar-refractivity contribution is 5.99. The third-order valence-electron chi connectivity index (χ3n) is 6.57. The monoisotopic (exact) mass is 496 g/mol. The van der Waals surface area contributed by atoms with Crippen molar-refractivity contribution < 1.29 is 0 Å². The van der Waals surface area contributed by atoms with Crippen LogP contribution in [0.5, 0.6) is 0 Å². The molecule has 0 aliphatic heterocycles. The van der Waals surface area contributed by atoms with Crippen molar-refractivity contribution >= 4 is 55.8 Å². The van der Waals surface area contributed by atoms with E-state index >= 15 is 0 Å². The molecule has 0 atom stereocenters. The van der Waals surface area contributed by atoms with Gasteiger partial charge >= 0.3 is 0 Å². The number of H-pyrrole nitrogens is 2. The maximum atomic E-state index is 7.67. The van der Waals surface area contributed by atoms with Crippen LogP contribution in [-0.4, -0.2) is 41.6 Å². The fourth-order valence-electron chi connectivity index (χ4n) is 4.59. The first kappa shape index (κ1) is 21.6. The summed E-state index contributed by atoms with van der Waals surface area (Å²) in [6, 6.07) is 22.7. The number of nitrogens with one attached hydrogen (secondary N) is 4. The minimum absolute atomic E-state index is 0.00661. The zero-order valence-electron chi connectivity index (χ0n) is 19.9. The molecule has 0 saturated carbocycles. The van der Waals surface area contributed by atoms with Crippen LogP contribution in [-0.2, 0) is 0 Å². The second-order valence-corrected chi connectivity index (χ2v) is 9.09. The van der Waals surface area contributed by atoms with E-state index in [0.29, 0.717) is 22.8 Å². The molecule has 38 heavy (non-hydrogen) atoms. The highest BCUT2D eigenvalue weighted by atomic mass is 14.9. The molecule has 0 amide bonds. The van der Waals surface area contributed by atoms with Crippen molar-refractivity contribution in [1.29, 1.82) is 10.8 Å². The summed E-state index contributed by atoms with van der Waals surface area (Å²) in [6.45, 7) is 0. The Balaban J connectivity index is 1.30. The molecule has 0 aliphatic rings. The van der Waals surface area contributed by atoms with Gasteiger partial charge in [-0.3, -0.25) is 10.8 Å². The van der Waals surface area contributed by atoms with E-state index in [4.69, 9.17) is 42.2 Å². The molecular formula is C28H20N10. The van der Waals surface area contributed by atoms with Crippen LogP contribution >= 0.6 is 0 Å². The lowest BCUT2D eigenvalue weighted by Crippen LogP contribution is -2.10. The number of benzene rings is 4. The van der Waals surface area contributed by atoms with Gasteiger partial charge in [0.2, 0.25) is 0 Å². The molecular weight excluding hydrogens is 476 g/mol. The van der Waals surface area contributed by atoms with Crippen molar-refractivity contribution in [1.82, 2.24) is 29.9 Å². The lowest BCUT2D eigenvalue weighted by Gasteiger charge is -2.04. The second kappa shape index (κ2) is 7.93. The number of nitrogens with zero attached hydrogens (tertiary/aromatic N) is 4. The number of hydrogen-bond donors (Lipinski definition) is 6. The molecule has 10 heteroatoms. The first-order valence-electron chi connectivity index (χ1n) is 11.8. The number of fused-ring (bicyclic) bond motifs is 4. The molecule has 7 aromatic rings. The van der Waals surface area contributed by atoms with E-state index < -0.39 is 0 Å². The maximum Gasteiger partial charge on any atom is 0.138 e. The topological polar surface area (TPSA) is 183 Å².